The van der Waals surface area contributed by atoms with Crippen molar-refractivity contribution in [1.82, 2.24) is 10.2 Å². The van der Waals surface area contributed by atoms with Crippen molar-refractivity contribution >= 4 is 34.0 Å². The Balaban J connectivity index is 3.14. The third-order valence-corrected chi connectivity index (χ3v) is 2.65. The smallest absolute Gasteiger partial charge is 0.267 e. The molecule has 0 saturated carbocycles. The molecule has 0 unspecified atom stereocenters. The quantitative estimate of drug-likeness (QED) is 0.754. The molecule has 0 spiro atoms. The molecule has 1 N–H and O–H groups in total. The standard InChI is InChI=1S/C9H6Cl2N2O/c1-4-7-5(10)2-3-6(11)8(7)9(14)13-12-4/h2-3H,1H3,(H,13,14). The molecular formula is C9H6Cl2N2O. The molecule has 0 saturated heterocycles. The lowest BCUT2D eigenvalue weighted by atomic mass is 10.1. The van der Waals surface area contributed by atoms with Gasteiger partial charge < -0.3 is 0 Å². The van der Waals surface area contributed by atoms with E-state index in [0.717, 1.165) is 0 Å². The number of halogens is 2. The van der Waals surface area contributed by atoms with E-state index in [0.29, 0.717) is 26.5 Å². The summed E-state index contributed by atoms with van der Waals surface area (Å²) in [7, 11) is 0. The summed E-state index contributed by atoms with van der Waals surface area (Å²) >= 11 is 11.9. The van der Waals surface area contributed by atoms with Gasteiger partial charge >= 0.3 is 0 Å². The van der Waals surface area contributed by atoms with Crippen LogP contribution in [0.25, 0.3) is 10.8 Å². The van der Waals surface area contributed by atoms with E-state index in [2.05, 4.69) is 10.2 Å². The second-order valence-corrected chi connectivity index (χ2v) is 3.73. The zero-order chi connectivity index (χ0) is 10.3. The van der Waals surface area contributed by atoms with Gasteiger partial charge in [-0.05, 0) is 19.1 Å². The van der Waals surface area contributed by atoms with E-state index < -0.39 is 0 Å². The van der Waals surface area contributed by atoms with Gasteiger partial charge in [0, 0.05) is 5.39 Å². The Morgan fingerprint density at radius 1 is 1.21 bits per heavy atom. The summed E-state index contributed by atoms with van der Waals surface area (Å²) in [5.41, 5.74) is 0.338. The number of aromatic amines is 1. The zero-order valence-electron chi connectivity index (χ0n) is 7.27. The molecule has 14 heavy (non-hydrogen) atoms. The van der Waals surface area contributed by atoms with E-state index >= 15 is 0 Å². The molecule has 2 rings (SSSR count). The van der Waals surface area contributed by atoms with Crippen LogP contribution in [0.2, 0.25) is 10.0 Å². The molecule has 0 aliphatic heterocycles. The topological polar surface area (TPSA) is 45.8 Å². The maximum atomic E-state index is 11.4. The monoisotopic (exact) mass is 228 g/mol. The Hall–Kier alpha value is -1.06. The van der Waals surface area contributed by atoms with Crippen LogP contribution in [0.4, 0.5) is 0 Å². The largest absolute Gasteiger partial charge is 0.273 e. The van der Waals surface area contributed by atoms with Crippen molar-refractivity contribution in [2.24, 2.45) is 0 Å². The number of nitrogens with zero attached hydrogens (tertiary/aromatic N) is 1. The van der Waals surface area contributed by atoms with Gasteiger partial charge in [-0.1, -0.05) is 23.2 Å². The summed E-state index contributed by atoms with van der Waals surface area (Å²) in [5, 5.41) is 8.07. The van der Waals surface area contributed by atoms with Gasteiger partial charge in [0.05, 0.1) is 21.1 Å². The second-order valence-electron chi connectivity index (χ2n) is 2.92. The zero-order valence-corrected chi connectivity index (χ0v) is 8.78. The van der Waals surface area contributed by atoms with Gasteiger partial charge in [-0.3, -0.25) is 4.79 Å². The Labute approximate surface area is 89.7 Å². The van der Waals surface area contributed by atoms with Crippen LogP contribution in [0.3, 0.4) is 0 Å². The van der Waals surface area contributed by atoms with Crippen LogP contribution in [0.15, 0.2) is 16.9 Å². The fourth-order valence-electron chi connectivity index (χ4n) is 1.37. The molecule has 1 heterocycles. The van der Waals surface area contributed by atoms with Crippen molar-refractivity contribution in [3.63, 3.8) is 0 Å². The maximum absolute atomic E-state index is 11.4. The highest BCUT2D eigenvalue weighted by molar-refractivity contribution is 6.40. The Bertz CT molecular complexity index is 554. The summed E-state index contributed by atoms with van der Waals surface area (Å²) in [4.78, 5) is 11.4. The minimum atomic E-state index is -0.321. The fourth-order valence-corrected chi connectivity index (χ4v) is 1.91. The van der Waals surface area contributed by atoms with E-state index in [-0.39, 0.29) is 5.56 Å². The molecule has 0 fully saturated rings. The molecule has 2 aromatic rings. The number of hydrogen-bond donors (Lipinski definition) is 1. The van der Waals surface area contributed by atoms with Gasteiger partial charge in [0.25, 0.3) is 5.56 Å². The molecule has 0 radical (unpaired) electrons. The number of H-pyrrole nitrogens is 1. The first-order valence-electron chi connectivity index (χ1n) is 3.94. The number of fused-ring (bicyclic) bond motifs is 1. The Kier molecular flexibility index (Phi) is 2.21. The average Bonchev–Trinajstić information content (AvgIpc) is 2.16. The van der Waals surface area contributed by atoms with Crippen LogP contribution in [-0.2, 0) is 0 Å². The molecule has 5 heteroatoms. The fraction of sp³-hybridized carbons (Fsp3) is 0.111. The first kappa shape index (κ1) is 9.49. The third-order valence-electron chi connectivity index (χ3n) is 2.02. The number of hydrogen-bond acceptors (Lipinski definition) is 2. The van der Waals surface area contributed by atoms with Crippen LogP contribution in [0, 0.1) is 6.92 Å². The highest BCUT2D eigenvalue weighted by atomic mass is 35.5. The molecule has 0 aliphatic rings. The van der Waals surface area contributed by atoms with Crippen LogP contribution < -0.4 is 5.56 Å². The van der Waals surface area contributed by atoms with Crippen molar-refractivity contribution in [2.45, 2.75) is 6.92 Å². The first-order valence-corrected chi connectivity index (χ1v) is 4.70. The predicted octanol–water partition coefficient (Wildman–Crippen LogP) is 2.54. The third kappa shape index (κ3) is 1.29. The maximum Gasteiger partial charge on any atom is 0.273 e. The van der Waals surface area contributed by atoms with Crippen LogP contribution in [0.1, 0.15) is 5.69 Å². The summed E-state index contributed by atoms with van der Waals surface area (Å²) in [6.07, 6.45) is 0. The lowest BCUT2D eigenvalue weighted by Crippen LogP contribution is -2.10. The van der Waals surface area contributed by atoms with Crippen LogP contribution >= 0.6 is 23.2 Å². The van der Waals surface area contributed by atoms with E-state index in [1.165, 1.54) is 0 Å². The van der Waals surface area contributed by atoms with Crippen molar-refractivity contribution in [1.29, 1.82) is 0 Å². The number of aryl methyl sites for hydroxylation is 1. The average molecular weight is 229 g/mol. The predicted molar refractivity (Wildman–Crippen MR) is 57.1 cm³/mol. The van der Waals surface area contributed by atoms with Crippen LogP contribution in [-0.4, -0.2) is 10.2 Å². The second kappa shape index (κ2) is 3.26. The van der Waals surface area contributed by atoms with Crippen molar-refractivity contribution in [3.05, 3.63) is 38.2 Å². The molecular weight excluding hydrogens is 223 g/mol. The molecule has 72 valence electrons. The summed E-state index contributed by atoms with van der Waals surface area (Å²) in [6, 6.07) is 3.25. The molecule has 0 bridgehead atoms. The minimum Gasteiger partial charge on any atom is -0.267 e. The van der Waals surface area contributed by atoms with E-state index in [1.807, 2.05) is 0 Å². The van der Waals surface area contributed by atoms with Gasteiger partial charge in [-0.25, -0.2) is 5.10 Å². The Morgan fingerprint density at radius 3 is 2.36 bits per heavy atom. The van der Waals surface area contributed by atoms with Gasteiger partial charge in [0.1, 0.15) is 0 Å². The SMILES string of the molecule is Cc1n[nH]c(=O)c2c(Cl)ccc(Cl)c12. The summed E-state index contributed by atoms with van der Waals surface area (Å²) in [6.45, 7) is 1.76. The lowest BCUT2D eigenvalue weighted by Gasteiger charge is -2.03. The molecule has 0 amide bonds. The first-order chi connectivity index (χ1) is 6.61. The molecule has 1 aromatic heterocycles. The summed E-state index contributed by atoms with van der Waals surface area (Å²) < 4.78 is 0. The van der Waals surface area contributed by atoms with Crippen molar-refractivity contribution in [3.8, 4) is 0 Å². The molecule has 0 atom stereocenters. The van der Waals surface area contributed by atoms with Crippen LogP contribution in [0.5, 0.6) is 0 Å². The van der Waals surface area contributed by atoms with E-state index in [4.69, 9.17) is 23.2 Å². The highest BCUT2D eigenvalue weighted by Crippen LogP contribution is 2.28. The molecule has 1 aromatic carbocycles. The number of rotatable bonds is 0. The highest BCUT2D eigenvalue weighted by Gasteiger charge is 2.10. The molecule has 3 nitrogen and oxygen atoms in total. The number of nitrogens with one attached hydrogen (secondary N) is 1. The van der Waals surface area contributed by atoms with Gasteiger partial charge in [0.15, 0.2) is 0 Å². The normalized spacial score (nSPS) is 10.8. The van der Waals surface area contributed by atoms with Gasteiger partial charge in [-0.2, -0.15) is 5.10 Å². The Morgan fingerprint density at radius 2 is 1.79 bits per heavy atom. The van der Waals surface area contributed by atoms with Gasteiger partial charge in [0.2, 0.25) is 0 Å². The van der Waals surface area contributed by atoms with E-state index in [1.54, 1.807) is 19.1 Å². The molecule has 0 aliphatic carbocycles. The number of benzene rings is 1. The minimum absolute atomic E-state index is 0.321. The lowest BCUT2D eigenvalue weighted by molar-refractivity contribution is 0.970. The van der Waals surface area contributed by atoms with Crippen molar-refractivity contribution in [2.75, 3.05) is 0 Å². The summed E-state index contributed by atoms with van der Waals surface area (Å²) in [5.74, 6) is 0. The van der Waals surface area contributed by atoms with Gasteiger partial charge in [-0.15, -0.1) is 0 Å². The van der Waals surface area contributed by atoms with Crippen molar-refractivity contribution < 1.29 is 0 Å². The van der Waals surface area contributed by atoms with E-state index in [9.17, 15) is 4.79 Å². The number of aromatic nitrogens is 2.